The maximum Gasteiger partial charge on any atom is 0.265 e. The van der Waals surface area contributed by atoms with Gasteiger partial charge >= 0.3 is 0 Å². The molecule has 102 valence electrons. The second-order valence-corrected chi connectivity index (χ2v) is 5.64. The molecule has 20 heavy (non-hydrogen) atoms. The van der Waals surface area contributed by atoms with Gasteiger partial charge in [-0.15, -0.1) is 11.3 Å². The van der Waals surface area contributed by atoms with Crippen molar-refractivity contribution in [2.24, 2.45) is 0 Å². The summed E-state index contributed by atoms with van der Waals surface area (Å²) >= 11 is 1.38. The van der Waals surface area contributed by atoms with Crippen molar-refractivity contribution in [1.29, 1.82) is 5.26 Å². The molecule has 1 aliphatic rings. The summed E-state index contributed by atoms with van der Waals surface area (Å²) in [5.41, 5.74) is 3.03. The third-order valence-electron chi connectivity index (χ3n) is 3.50. The molecule has 1 aliphatic heterocycles. The van der Waals surface area contributed by atoms with E-state index in [1.165, 1.54) is 11.3 Å². The summed E-state index contributed by atoms with van der Waals surface area (Å²) in [6.07, 6.45) is 4.14. The van der Waals surface area contributed by atoms with Crippen LogP contribution in [0.25, 0.3) is 0 Å². The molecule has 6 nitrogen and oxygen atoms in total. The minimum absolute atomic E-state index is 0.0418. The zero-order chi connectivity index (χ0) is 14.1. The summed E-state index contributed by atoms with van der Waals surface area (Å²) < 4.78 is 1.78. The minimum Gasteiger partial charge on any atom is -0.336 e. The van der Waals surface area contributed by atoms with E-state index in [-0.39, 0.29) is 11.9 Å². The van der Waals surface area contributed by atoms with Crippen molar-refractivity contribution in [2.45, 2.75) is 19.4 Å². The quantitative estimate of drug-likeness (QED) is 0.841. The molecule has 1 fully saturated rings. The molecule has 0 bridgehead atoms. The monoisotopic (exact) mass is 287 g/mol. The molecule has 0 saturated carbocycles. The van der Waals surface area contributed by atoms with Crippen LogP contribution < -0.4 is 0 Å². The van der Waals surface area contributed by atoms with Gasteiger partial charge in [-0.05, 0) is 13.3 Å². The molecular weight excluding hydrogens is 274 g/mol. The highest BCUT2D eigenvalue weighted by Crippen LogP contribution is 2.24. The van der Waals surface area contributed by atoms with Crippen molar-refractivity contribution in [1.82, 2.24) is 19.7 Å². The maximum absolute atomic E-state index is 12.4. The van der Waals surface area contributed by atoms with E-state index in [1.807, 2.05) is 11.8 Å². The Hall–Kier alpha value is -2.20. The van der Waals surface area contributed by atoms with Gasteiger partial charge < -0.3 is 4.90 Å². The zero-order valence-electron chi connectivity index (χ0n) is 11.0. The lowest BCUT2D eigenvalue weighted by Gasteiger charge is -2.16. The van der Waals surface area contributed by atoms with Crippen LogP contribution >= 0.6 is 11.3 Å². The van der Waals surface area contributed by atoms with Gasteiger partial charge in [0.1, 0.15) is 10.9 Å². The van der Waals surface area contributed by atoms with Gasteiger partial charge in [-0.3, -0.25) is 9.48 Å². The van der Waals surface area contributed by atoms with E-state index < -0.39 is 0 Å². The van der Waals surface area contributed by atoms with Crippen LogP contribution in [-0.4, -0.2) is 38.7 Å². The lowest BCUT2D eigenvalue weighted by molar-refractivity contribution is 0.0791. The highest BCUT2D eigenvalue weighted by molar-refractivity contribution is 7.11. The number of nitriles is 1. The normalized spacial score (nSPS) is 18.2. The molecule has 0 aromatic carbocycles. The number of carbonyl (C=O) groups is 1. The van der Waals surface area contributed by atoms with Gasteiger partial charge in [0.15, 0.2) is 0 Å². The Kier molecular flexibility index (Phi) is 3.24. The summed E-state index contributed by atoms with van der Waals surface area (Å²) in [6.45, 7) is 3.19. The molecule has 1 saturated heterocycles. The van der Waals surface area contributed by atoms with Crippen molar-refractivity contribution in [2.75, 3.05) is 13.1 Å². The van der Waals surface area contributed by atoms with Gasteiger partial charge in [-0.1, -0.05) is 0 Å². The molecule has 3 rings (SSSR count). The van der Waals surface area contributed by atoms with Crippen LogP contribution in [0.2, 0.25) is 0 Å². The predicted octanol–water partition coefficient (Wildman–Crippen LogP) is 1.61. The molecule has 0 spiro atoms. The molecule has 0 N–H and O–H groups in total. The SMILES string of the molecule is Cc1ncsc1C(=O)N1CCC(n2cc(C#N)cn2)C1. The number of rotatable bonds is 2. The van der Waals surface area contributed by atoms with Gasteiger partial charge in [0.2, 0.25) is 0 Å². The third kappa shape index (κ3) is 2.18. The number of likely N-dealkylation sites (tertiary alicyclic amines) is 1. The second-order valence-electron chi connectivity index (χ2n) is 4.78. The fourth-order valence-electron chi connectivity index (χ4n) is 2.39. The molecule has 1 unspecified atom stereocenters. The van der Waals surface area contributed by atoms with E-state index in [1.54, 1.807) is 22.6 Å². The Bertz CT molecular complexity index is 683. The van der Waals surface area contributed by atoms with Gasteiger partial charge in [0.25, 0.3) is 5.91 Å². The van der Waals surface area contributed by atoms with Crippen LogP contribution in [-0.2, 0) is 0 Å². The van der Waals surface area contributed by atoms with Gasteiger partial charge in [-0.2, -0.15) is 10.4 Å². The predicted molar refractivity (Wildman–Crippen MR) is 73.4 cm³/mol. The van der Waals surface area contributed by atoms with Crippen molar-refractivity contribution in [3.05, 3.63) is 34.0 Å². The number of carbonyl (C=O) groups excluding carboxylic acids is 1. The summed E-state index contributed by atoms with van der Waals surface area (Å²) in [5.74, 6) is 0.0418. The van der Waals surface area contributed by atoms with Crippen LogP contribution in [0.15, 0.2) is 17.9 Å². The molecule has 0 aliphatic carbocycles. The smallest absolute Gasteiger partial charge is 0.265 e. The second kappa shape index (κ2) is 5.06. The maximum atomic E-state index is 12.4. The fraction of sp³-hybridized carbons (Fsp3) is 0.385. The number of aromatic nitrogens is 3. The number of aryl methyl sites for hydroxylation is 1. The molecule has 2 aromatic rings. The van der Waals surface area contributed by atoms with E-state index in [0.717, 1.165) is 12.1 Å². The fourth-order valence-corrected chi connectivity index (χ4v) is 3.16. The highest BCUT2D eigenvalue weighted by atomic mass is 32.1. The van der Waals surface area contributed by atoms with E-state index in [4.69, 9.17) is 5.26 Å². The van der Waals surface area contributed by atoms with Crippen LogP contribution in [0.1, 0.15) is 33.4 Å². The molecule has 7 heteroatoms. The first kappa shape index (κ1) is 12.8. The Morgan fingerprint density at radius 1 is 1.60 bits per heavy atom. The first-order valence-corrected chi connectivity index (χ1v) is 7.20. The van der Waals surface area contributed by atoms with E-state index in [2.05, 4.69) is 16.2 Å². The number of hydrogen-bond acceptors (Lipinski definition) is 5. The van der Waals surface area contributed by atoms with Crippen molar-refractivity contribution >= 4 is 17.2 Å². The average Bonchev–Trinajstić information content (AvgIpc) is 3.17. The summed E-state index contributed by atoms with van der Waals surface area (Å²) in [6, 6.07) is 2.21. The Balaban J connectivity index is 1.72. The molecular formula is C13H13N5OS. The molecule has 0 radical (unpaired) electrons. The van der Waals surface area contributed by atoms with Crippen LogP contribution in [0.3, 0.4) is 0 Å². The lowest BCUT2D eigenvalue weighted by Crippen LogP contribution is -2.29. The first-order valence-electron chi connectivity index (χ1n) is 6.32. The van der Waals surface area contributed by atoms with Crippen LogP contribution in [0.4, 0.5) is 0 Å². The Morgan fingerprint density at radius 2 is 2.45 bits per heavy atom. The number of thiazole rings is 1. The van der Waals surface area contributed by atoms with Crippen molar-refractivity contribution < 1.29 is 4.79 Å². The van der Waals surface area contributed by atoms with Crippen LogP contribution in [0.5, 0.6) is 0 Å². The van der Waals surface area contributed by atoms with Gasteiger partial charge in [-0.25, -0.2) is 4.98 Å². The van der Waals surface area contributed by atoms with E-state index in [0.29, 0.717) is 23.5 Å². The summed E-state index contributed by atoms with van der Waals surface area (Å²) in [5, 5.41) is 13.0. The highest BCUT2D eigenvalue weighted by Gasteiger charge is 2.29. The number of amides is 1. The minimum atomic E-state index is 0.0418. The summed E-state index contributed by atoms with van der Waals surface area (Å²) in [4.78, 5) is 19.0. The average molecular weight is 287 g/mol. The topological polar surface area (TPSA) is 74.8 Å². The van der Waals surface area contributed by atoms with Crippen LogP contribution in [0, 0.1) is 18.3 Å². The number of nitrogens with zero attached hydrogens (tertiary/aromatic N) is 5. The molecule has 3 heterocycles. The zero-order valence-corrected chi connectivity index (χ0v) is 11.8. The first-order chi connectivity index (χ1) is 9.69. The number of hydrogen-bond donors (Lipinski definition) is 0. The Labute approximate surface area is 120 Å². The lowest BCUT2D eigenvalue weighted by atomic mass is 10.3. The summed E-state index contributed by atoms with van der Waals surface area (Å²) in [7, 11) is 0. The molecule has 1 atom stereocenters. The standard InChI is InChI=1S/C13H13N5OS/c1-9-12(20-8-15-9)13(19)17-3-2-11(7-17)18-6-10(4-14)5-16-18/h5-6,8,11H,2-3,7H2,1H3. The molecule has 1 amide bonds. The molecule has 2 aromatic heterocycles. The third-order valence-corrected chi connectivity index (χ3v) is 4.41. The van der Waals surface area contributed by atoms with Crippen molar-refractivity contribution in [3.63, 3.8) is 0 Å². The van der Waals surface area contributed by atoms with E-state index in [9.17, 15) is 4.79 Å². The van der Waals surface area contributed by atoms with E-state index >= 15 is 0 Å². The van der Waals surface area contributed by atoms with Crippen molar-refractivity contribution in [3.8, 4) is 6.07 Å². The van der Waals surface area contributed by atoms with Gasteiger partial charge in [0.05, 0.1) is 29.0 Å². The Morgan fingerprint density at radius 3 is 3.10 bits per heavy atom. The largest absolute Gasteiger partial charge is 0.336 e. The van der Waals surface area contributed by atoms with Gasteiger partial charge in [0, 0.05) is 19.3 Å².